The van der Waals surface area contributed by atoms with Crippen LogP contribution in [0.3, 0.4) is 0 Å². The van der Waals surface area contributed by atoms with E-state index in [1.165, 1.54) is 11.3 Å². The Morgan fingerprint density at radius 3 is 2.86 bits per heavy atom. The van der Waals surface area contributed by atoms with Crippen molar-refractivity contribution in [3.63, 3.8) is 0 Å². The van der Waals surface area contributed by atoms with Crippen LogP contribution in [-0.4, -0.2) is 28.0 Å². The molecule has 2 aromatic rings. The summed E-state index contributed by atoms with van der Waals surface area (Å²) < 4.78 is 5.27. The lowest BCUT2D eigenvalue weighted by molar-refractivity contribution is -0.145. The molecule has 3 rings (SSSR count). The normalized spacial score (nSPS) is 20.8. The maximum Gasteiger partial charge on any atom is 0.306 e. The van der Waals surface area contributed by atoms with Crippen molar-refractivity contribution in [1.82, 2.24) is 10.3 Å². The number of furan rings is 1. The van der Waals surface area contributed by atoms with Gasteiger partial charge in [0.2, 0.25) is 0 Å². The van der Waals surface area contributed by atoms with E-state index in [1.54, 1.807) is 18.4 Å². The van der Waals surface area contributed by atoms with Gasteiger partial charge in [0.15, 0.2) is 10.8 Å². The van der Waals surface area contributed by atoms with Gasteiger partial charge in [0.25, 0.3) is 5.91 Å². The molecule has 7 heteroatoms. The molecule has 1 aliphatic carbocycles. The summed E-state index contributed by atoms with van der Waals surface area (Å²) in [5.41, 5.74) is 0.380. The lowest BCUT2D eigenvalue weighted by atomic mass is 9.80. The Labute approximate surface area is 124 Å². The molecule has 2 heterocycles. The van der Waals surface area contributed by atoms with Gasteiger partial charge in [0.1, 0.15) is 5.69 Å². The van der Waals surface area contributed by atoms with Crippen molar-refractivity contribution in [1.29, 1.82) is 0 Å². The highest BCUT2D eigenvalue weighted by Crippen LogP contribution is 2.30. The molecule has 1 amide bonds. The van der Waals surface area contributed by atoms with Gasteiger partial charge in [-0.25, -0.2) is 4.98 Å². The highest BCUT2D eigenvalue weighted by atomic mass is 32.1. The molecule has 0 aromatic carbocycles. The standard InChI is InChI=1S/C14H14N2O4S/c1-7-11(16-13(21-7)10-3-2-4-20-10)12(17)15-9-5-8(6-9)14(18)19/h2-4,8-9H,5-6H2,1H3,(H,15,17)(H,18,19). The number of rotatable bonds is 4. The molecule has 1 fully saturated rings. The van der Waals surface area contributed by atoms with Crippen LogP contribution in [0.15, 0.2) is 22.8 Å². The minimum Gasteiger partial charge on any atom is -0.481 e. The summed E-state index contributed by atoms with van der Waals surface area (Å²) in [7, 11) is 0. The van der Waals surface area contributed by atoms with Crippen LogP contribution in [0.2, 0.25) is 0 Å². The summed E-state index contributed by atoms with van der Waals surface area (Å²) >= 11 is 1.40. The van der Waals surface area contributed by atoms with Crippen molar-refractivity contribution < 1.29 is 19.1 Å². The lowest BCUT2D eigenvalue weighted by Gasteiger charge is -2.32. The zero-order valence-electron chi connectivity index (χ0n) is 11.3. The molecule has 0 spiro atoms. The van der Waals surface area contributed by atoms with Crippen molar-refractivity contribution in [2.24, 2.45) is 5.92 Å². The average Bonchev–Trinajstić information content (AvgIpc) is 3.01. The van der Waals surface area contributed by atoms with E-state index >= 15 is 0 Å². The minimum atomic E-state index is -0.801. The third-order valence-corrected chi connectivity index (χ3v) is 4.55. The first-order valence-corrected chi connectivity index (χ1v) is 7.41. The summed E-state index contributed by atoms with van der Waals surface area (Å²) in [5, 5.41) is 12.3. The van der Waals surface area contributed by atoms with Crippen LogP contribution in [0, 0.1) is 12.8 Å². The second-order valence-corrected chi connectivity index (χ2v) is 6.28. The van der Waals surface area contributed by atoms with Crippen molar-refractivity contribution in [3.8, 4) is 10.8 Å². The van der Waals surface area contributed by atoms with Crippen molar-refractivity contribution in [2.45, 2.75) is 25.8 Å². The smallest absolute Gasteiger partial charge is 0.306 e. The number of carbonyl (C=O) groups excluding carboxylic acids is 1. The molecule has 1 aliphatic rings. The van der Waals surface area contributed by atoms with Crippen LogP contribution in [0.1, 0.15) is 28.2 Å². The zero-order chi connectivity index (χ0) is 15.0. The molecule has 6 nitrogen and oxygen atoms in total. The lowest BCUT2D eigenvalue weighted by Crippen LogP contribution is -2.46. The van der Waals surface area contributed by atoms with Gasteiger partial charge in [-0.2, -0.15) is 0 Å². The van der Waals surface area contributed by atoms with Crippen LogP contribution in [0.5, 0.6) is 0 Å². The maximum atomic E-state index is 12.2. The van der Waals surface area contributed by atoms with E-state index in [-0.39, 0.29) is 17.9 Å². The van der Waals surface area contributed by atoms with Crippen LogP contribution >= 0.6 is 11.3 Å². The van der Waals surface area contributed by atoms with E-state index in [0.717, 1.165) is 4.88 Å². The first kappa shape index (κ1) is 13.8. The highest BCUT2D eigenvalue weighted by Gasteiger charge is 2.35. The number of aliphatic carboxylic acids is 1. The molecule has 0 aliphatic heterocycles. The topological polar surface area (TPSA) is 92.4 Å². The van der Waals surface area contributed by atoms with Gasteiger partial charge in [-0.05, 0) is 31.9 Å². The van der Waals surface area contributed by atoms with E-state index in [1.807, 2.05) is 6.92 Å². The fourth-order valence-corrected chi connectivity index (χ4v) is 3.18. The van der Waals surface area contributed by atoms with Crippen LogP contribution < -0.4 is 5.32 Å². The Kier molecular flexibility index (Phi) is 3.50. The number of nitrogens with one attached hydrogen (secondary N) is 1. The molecule has 110 valence electrons. The highest BCUT2D eigenvalue weighted by molar-refractivity contribution is 7.15. The second kappa shape index (κ2) is 5.33. The van der Waals surface area contributed by atoms with Gasteiger partial charge in [-0.1, -0.05) is 0 Å². The Bertz CT molecular complexity index is 671. The van der Waals surface area contributed by atoms with Gasteiger partial charge in [0, 0.05) is 10.9 Å². The van der Waals surface area contributed by atoms with Crippen LogP contribution in [0.25, 0.3) is 10.8 Å². The van der Waals surface area contributed by atoms with Gasteiger partial charge in [0.05, 0.1) is 12.2 Å². The monoisotopic (exact) mass is 306 g/mol. The zero-order valence-corrected chi connectivity index (χ0v) is 12.1. The number of hydrogen-bond donors (Lipinski definition) is 2. The van der Waals surface area contributed by atoms with E-state index in [4.69, 9.17) is 9.52 Å². The third kappa shape index (κ3) is 2.69. The molecular formula is C14H14N2O4S. The average molecular weight is 306 g/mol. The second-order valence-electron chi connectivity index (χ2n) is 5.08. The number of amides is 1. The number of carbonyl (C=O) groups is 2. The number of aryl methyl sites for hydroxylation is 1. The number of carboxylic acids is 1. The van der Waals surface area contributed by atoms with Crippen molar-refractivity contribution in [2.75, 3.05) is 0 Å². The molecule has 21 heavy (non-hydrogen) atoms. The van der Waals surface area contributed by atoms with E-state index < -0.39 is 5.97 Å². The molecule has 0 unspecified atom stereocenters. The summed E-state index contributed by atoms with van der Waals surface area (Å²) in [6.45, 7) is 1.83. The Morgan fingerprint density at radius 1 is 1.48 bits per heavy atom. The molecule has 0 atom stereocenters. The molecule has 2 aromatic heterocycles. The first-order chi connectivity index (χ1) is 10.0. The van der Waals surface area contributed by atoms with E-state index in [2.05, 4.69) is 10.3 Å². The Hall–Kier alpha value is -2.15. The molecule has 0 saturated heterocycles. The molecule has 0 bridgehead atoms. The molecule has 1 saturated carbocycles. The number of aromatic nitrogens is 1. The van der Waals surface area contributed by atoms with Gasteiger partial charge in [-0.3, -0.25) is 9.59 Å². The van der Waals surface area contributed by atoms with Crippen molar-refractivity contribution in [3.05, 3.63) is 29.0 Å². The molecule has 2 N–H and O–H groups in total. The quantitative estimate of drug-likeness (QED) is 0.904. The maximum absolute atomic E-state index is 12.2. The van der Waals surface area contributed by atoms with Gasteiger partial charge >= 0.3 is 5.97 Å². The predicted octanol–water partition coefficient (Wildman–Crippen LogP) is 2.30. The molecule has 0 radical (unpaired) electrons. The number of carboxylic acid groups (broad SMARTS) is 1. The number of hydrogen-bond acceptors (Lipinski definition) is 5. The number of thiazole rings is 1. The fourth-order valence-electron chi connectivity index (χ4n) is 2.30. The largest absolute Gasteiger partial charge is 0.481 e. The number of nitrogens with zero attached hydrogens (tertiary/aromatic N) is 1. The van der Waals surface area contributed by atoms with E-state index in [9.17, 15) is 9.59 Å². The third-order valence-electron chi connectivity index (χ3n) is 3.57. The Morgan fingerprint density at radius 2 is 2.24 bits per heavy atom. The SMILES string of the molecule is Cc1sc(-c2ccco2)nc1C(=O)NC1CC(C(=O)O)C1. The summed E-state index contributed by atoms with van der Waals surface area (Å²) in [6, 6.07) is 3.49. The van der Waals surface area contributed by atoms with Crippen LogP contribution in [-0.2, 0) is 4.79 Å². The van der Waals surface area contributed by atoms with Crippen molar-refractivity contribution >= 4 is 23.2 Å². The molecular weight excluding hydrogens is 292 g/mol. The van der Waals surface area contributed by atoms with Crippen LogP contribution in [0.4, 0.5) is 0 Å². The Balaban J connectivity index is 1.67. The predicted molar refractivity (Wildman–Crippen MR) is 76.2 cm³/mol. The van der Waals surface area contributed by atoms with Gasteiger partial charge in [-0.15, -0.1) is 11.3 Å². The summed E-state index contributed by atoms with van der Waals surface area (Å²) in [4.78, 5) is 28.0. The summed E-state index contributed by atoms with van der Waals surface area (Å²) in [5.74, 6) is -0.761. The summed E-state index contributed by atoms with van der Waals surface area (Å²) in [6.07, 6.45) is 2.52. The van der Waals surface area contributed by atoms with Gasteiger partial charge < -0.3 is 14.8 Å². The fraction of sp³-hybridized carbons (Fsp3) is 0.357. The first-order valence-electron chi connectivity index (χ1n) is 6.59. The van der Waals surface area contributed by atoms with E-state index in [0.29, 0.717) is 29.3 Å². The minimum absolute atomic E-state index is 0.0771.